The minimum absolute atomic E-state index is 0.0177. The monoisotopic (exact) mass is 267 g/mol. The number of hydrogen-bond acceptors (Lipinski definition) is 2. The van der Waals surface area contributed by atoms with Crippen LogP contribution < -0.4 is 5.32 Å². The highest BCUT2D eigenvalue weighted by molar-refractivity contribution is 6.31. The first-order valence-electron chi connectivity index (χ1n) is 6.62. The molecule has 2 rings (SSSR count). The number of hydrogen-bond donors (Lipinski definition) is 1. The third kappa shape index (κ3) is 3.47. The Bertz CT molecular complexity index is 405. The predicted molar refractivity (Wildman–Crippen MR) is 76.1 cm³/mol. The van der Waals surface area contributed by atoms with Crippen molar-refractivity contribution >= 4 is 11.6 Å². The topological polar surface area (TPSA) is 21.3 Å². The quantitative estimate of drug-likeness (QED) is 0.895. The van der Waals surface area contributed by atoms with E-state index in [4.69, 9.17) is 16.3 Å². The summed E-state index contributed by atoms with van der Waals surface area (Å²) >= 11 is 6.23. The lowest BCUT2D eigenvalue weighted by molar-refractivity contribution is -0.0639. The van der Waals surface area contributed by atoms with Crippen LogP contribution in [0.15, 0.2) is 24.3 Å². The lowest BCUT2D eigenvalue weighted by Crippen LogP contribution is -2.44. The fourth-order valence-electron chi connectivity index (χ4n) is 2.64. The van der Waals surface area contributed by atoms with E-state index in [-0.39, 0.29) is 11.6 Å². The molecule has 0 radical (unpaired) electrons. The molecule has 0 aliphatic carbocycles. The van der Waals surface area contributed by atoms with Gasteiger partial charge in [-0.3, -0.25) is 0 Å². The molecule has 1 heterocycles. The van der Waals surface area contributed by atoms with Gasteiger partial charge in [-0.2, -0.15) is 0 Å². The molecule has 1 aromatic carbocycles. The van der Waals surface area contributed by atoms with E-state index in [1.165, 1.54) is 5.56 Å². The Morgan fingerprint density at radius 1 is 1.39 bits per heavy atom. The van der Waals surface area contributed by atoms with Gasteiger partial charge in [0.15, 0.2) is 0 Å². The third-order valence-electron chi connectivity index (χ3n) is 3.55. The van der Waals surface area contributed by atoms with Crippen LogP contribution in [0.4, 0.5) is 0 Å². The summed E-state index contributed by atoms with van der Waals surface area (Å²) in [5.74, 6) is 0. The number of nitrogens with one attached hydrogen (secondary N) is 1. The lowest BCUT2D eigenvalue weighted by Gasteiger charge is -2.37. The largest absolute Gasteiger partial charge is 0.375 e. The zero-order valence-corrected chi connectivity index (χ0v) is 12.1. The normalized spacial score (nSPS) is 24.8. The maximum Gasteiger partial charge on any atom is 0.0641 e. The molecule has 0 spiro atoms. The molecule has 1 aliphatic heterocycles. The van der Waals surface area contributed by atoms with Crippen LogP contribution in [0.2, 0.25) is 5.02 Å². The van der Waals surface area contributed by atoms with Gasteiger partial charge in [0.05, 0.1) is 5.60 Å². The molecule has 1 saturated heterocycles. The van der Waals surface area contributed by atoms with Crippen molar-refractivity contribution in [3.05, 3.63) is 34.9 Å². The molecule has 18 heavy (non-hydrogen) atoms. The zero-order valence-electron chi connectivity index (χ0n) is 11.4. The molecule has 0 amide bonds. The second kappa shape index (κ2) is 5.60. The maximum atomic E-state index is 6.23. The molecule has 2 nitrogen and oxygen atoms in total. The molecule has 3 heteroatoms. The number of ether oxygens (including phenoxy) is 1. The summed E-state index contributed by atoms with van der Waals surface area (Å²) in [5.41, 5.74) is 1.15. The van der Waals surface area contributed by atoms with Crippen molar-refractivity contribution in [3.8, 4) is 0 Å². The van der Waals surface area contributed by atoms with E-state index in [0.717, 1.165) is 24.5 Å². The average Bonchev–Trinajstić information content (AvgIpc) is 2.28. The SMILES string of the molecule is C[C@@H](NC1CCOC(C)(C)C1)c1ccccc1Cl. The molecule has 100 valence electrons. The van der Waals surface area contributed by atoms with Crippen molar-refractivity contribution in [2.45, 2.75) is 51.3 Å². The van der Waals surface area contributed by atoms with E-state index in [9.17, 15) is 0 Å². The number of halogens is 1. The molecular weight excluding hydrogens is 246 g/mol. The van der Waals surface area contributed by atoms with Crippen LogP contribution in [0.3, 0.4) is 0 Å². The van der Waals surface area contributed by atoms with Crippen LogP contribution >= 0.6 is 11.6 Å². The summed E-state index contributed by atoms with van der Waals surface area (Å²) in [5, 5.41) is 4.50. The van der Waals surface area contributed by atoms with E-state index >= 15 is 0 Å². The Hall–Kier alpha value is -0.570. The Morgan fingerprint density at radius 3 is 2.78 bits per heavy atom. The number of benzene rings is 1. The minimum atomic E-state index is -0.0177. The van der Waals surface area contributed by atoms with Crippen molar-refractivity contribution in [1.29, 1.82) is 0 Å². The fourth-order valence-corrected chi connectivity index (χ4v) is 2.94. The third-order valence-corrected chi connectivity index (χ3v) is 3.90. The highest BCUT2D eigenvalue weighted by Gasteiger charge is 2.29. The van der Waals surface area contributed by atoms with E-state index in [2.05, 4.69) is 32.2 Å². The summed E-state index contributed by atoms with van der Waals surface area (Å²) in [6, 6.07) is 8.81. The predicted octanol–water partition coefficient (Wildman–Crippen LogP) is 3.95. The minimum Gasteiger partial charge on any atom is -0.375 e. The molecule has 1 aliphatic rings. The van der Waals surface area contributed by atoms with Crippen LogP contribution in [-0.2, 0) is 4.74 Å². The first-order chi connectivity index (χ1) is 8.48. The maximum absolute atomic E-state index is 6.23. The first-order valence-corrected chi connectivity index (χ1v) is 7.00. The van der Waals surface area contributed by atoms with E-state index in [0.29, 0.717) is 6.04 Å². The number of rotatable bonds is 3. The standard InChI is InChI=1S/C15H22ClNO/c1-11(13-6-4-5-7-14(13)16)17-12-8-9-18-15(2,3)10-12/h4-7,11-12,17H,8-10H2,1-3H3/t11-,12?/m1/s1. The molecule has 1 N–H and O–H groups in total. The molecule has 1 aromatic rings. The highest BCUT2D eigenvalue weighted by Crippen LogP contribution is 2.27. The van der Waals surface area contributed by atoms with Crippen molar-refractivity contribution in [3.63, 3.8) is 0 Å². The van der Waals surface area contributed by atoms with Crippen LogP contribution in [0.5, 0.6) is 0 Å². The van der Waals surface area contributed by atoms with Crippen molar-refractivity contribution in [2.24, 2.45) is 0 Å². The smallest absolute Gasteiger partial charge is 0.0641 e. The Kier molecular flexibility index (Phi) is 4.31. The van der Waals surface area contributed by atoms with Gasteiger partial charge < -0.3 is 10.1 Å². The van der Waals surface area contributed by atoms with Gasteiger partial charge in [-0.15, -0.1) is 0 Å². The molecule has 0 saturated carbocycles. The van der Waals surface area contributed by atoms with Gasteiger partial charge in [-0.25, -0.2) is 0 Å². The van der Waals surface area contributed by atoms with Gasteiger partial charge in [-0.1, -0.05) is 29.8 Å². The van der Waals surface area contributed by atoms with Crippen LogP contribution in [0.25, 0.3) is 0 Å². The van der Waals surface area contributed by atoms with Crippen molar-refractivity contribution in [2.75, 3.05) is 6.61 Å². The molecular formula is C15H22ClNO. The fraction of sp³-hybridized carbons (Fsp3) is 0.600. The van der Waals surface area contributed by atoms with Crippen molar-refractivity contribution in [1.82, 2.24) is 5.32 Å². The first kappa shape index (κ1) is 13.9. The Morgan fingerprint density at radius 2 is 2.11 bits per heavy atom. The lowest BCUT2D eigenvalue weighted by atomic mass is 9.93. The second-order valence-electron chi connectivity index (χ2n) is 5.71. The van der Waals surface area contributed by atoms with Gasteiger partial charge >= 0.3 is 0 Å². The van der Waals surface area contributed by atoms with Gasteiger partial charge in [0.2, 0.25) is 0 Å². The van der Waals surface area contributed by atoms with Gasteiger partial charge in [0, 0.05) is 23.7 Å². The Labute approximate surface area is 115 Å². The van der Waals surface area contributed by atoms with Crippen LogP contribution in [-0.4, -0.2) is 18.2 Å². The summed E-state index contributed by atoms with van der Waals surface area (Å²) < 4.78 is 5.74. The van der Waals surface area contributed by atoms with Crippen LogP contribution in [0, 0.1) is 0 Å². The van der Waals surface area contributed by atoms with Gasteiger partial charge in [-0.05, 0) is 45.2 Å². The molecule has 1 unspecified atom stereocenters. The zero-order chi connectivity index (χ0) is 13.2. The summed E-state index contributed by atoms with van der Waals surface area (Å²) in [6.45, 7) is 7.31. The summed E-state index contributed by atoms with van der Waals surface area (Å²) in [7, 11) is 0. The molecule has 1 fully saturated rings. The molecule has 0 aromatic heterocycles. The van der Waals surface area contributed by atoms with Crippen LogP contribution in [0.1, 0.15) is 45.2 Å². The van der Waals surface area contributed by atoms with E-state index in [1.54, 1.807) is 0 Å². The second-order valence-corrected chi connectivity index (χ2v) is 6.11. The van der Waals surface area contributed by atoms with E-state index < -0.39 is 0 Å². The molecule has 2 atom stereocenters. The molecule has 0 bridgehead atoms. The highest BCUT2D eigenvalue weighted by atomic mass is 35.5. The van der Waals surface area contributed by atoms with Crippen molar-refractivity contribution < 1.29 is 4.74 Å². The Balaban J connectivity index is 1.99. The summed E-state index contributed by atoms with van der Waals surface area (Å²) in [4.78, 5) is 0. The van der Waals surface area contributed by atoms with E-state index in [1.807, 2.05) is 18.2 Å². The van der Waals surface area contributed by atoms with Gasteiger partial charge in [0.1, 0.15) is 0 Å². The average molecular weight is 268 g/mol. The van der Waals surface area contributed by atoms with Gasteiger partial charge in [0.25, 0.3) is 0 Å². The summed E-state index contributed by atoms with van der Waals surface area (Å²) in [6.07, 6.45) is 2.11.